The molecule has 0 unspecified atom stereocenters. The molecule has 0 saturated carbocycles. The van der Waals surface area contributed by atoms with Crippen LogP contribution in [0.1, 0.15) is 23.0 Å². The lowest BCUT2D eigenvalue weighted by molar-refractivity contribution is -0.142. The molecular formula is C11H13NO5. The first-order valence-electron chi connectivity index (χ1n) is 5.01. The van der Waals surface area contributed by atoms with Gasteiger partial charge in [-0.15, -0.1) is 0 Å². The fourth-order valence-corrected chi connectivity index (χ4v) is 1.27. The van der Waals surface area contributed by atoms with Gasteiger partial charge in [0.05, 0.1) is 31.4 Å². The third-order valence-corrected chi connectivity index (χ3v) is 2.01. The molecule has 1 aromatic rings. The van der Waals surface area contributed by atoms with E-state index in [9.17, 15) is 9.59 Å². The molecule has 0 spiro atoms. The molecule has 1 N–H and O–H groups in total. The number of ether oxygens (including phenoxy) is 2. The highest BCUT2D eigenvalue weighted by atomic mass is 16.5. The number of methoxy groups -OCH3 is 1. The van der Waals surface area contributed by atoms with Crippen LogP contribution in [0.25, 0.3) is 0 Å². The standard InChI is InChI=1S/C11H13NO5/c1-3-17-10(13)6-8-7(11(14)15)4-5-9(12-8)16-2/h4-5H,3,6H2,1-2H3,(H,14,15). The molecule has 0 aliphatic carbocycles. The summed E-state index contributed by atoms with van der Waals surface area (Å²) in [6.07, 6.45) is -0.188. The monoisotopic (exact) mass is 239 g/mol. The maximum atomic E-state index is 11.3. The Hall–Kier alpha value is -2.11. The average molecular weight is 239 g/mol. The van der Waals surface area contributed by atoms with E-state index in [0.29, 0.717) is 0 Å². The SMILES string of the molecule is CCOC(=O)Cc1nc(OC)ccc1C(=O)O. The minimum absolute atomic E-state index is 0.0288. The van der Waals surface area contributed by atoms with Crippen LogP contribution in [0.3, 0.4) is 0 Å². The highest BCUT2D eigenvalue weighted by Crippen LogP contribution is 2.14. The van der Waals surface area contributed by atoms with E-state index in [0.717, 1.165) is 0 Å². The summed E-state index contributed by atoms with van der Waals surface area (Å²) >= 11 is 0. The number of pyridine rings is 1. The maximum Gasteiger partial charge on any atom is 0.337 e. The Morgan fingerprint density at radius 3 is 2.65 bits per heavy atom. The predicted molar refractivity (Wildman–Crippen MR) is 58.1 cm³/mol. The lowest BCUT2D eigenvalue weighted by atomic mass is 10.1. The van der Waals surface area contributed by atoms with E-state index in [2.05, 4.69) is 4.98 Å². The smallest absolute Gasteiger partial charge is 0.337 e. The summed E-state index contributed by atoms with van der Waals surface area (Å²) in [7, 11) is 1.41. The van der Waals surface area contributed by atoms with Gasteiger partial charge in [-0.05, 0) is 13.0 Å². The van der Waals surface area contributed by atoms with Crippen molar-refractivity contribution < 1.29 is 24.2 Å². The van der Waals surface area contributed by atoms with Crippen molar-refractivity contribution in [2.75, 3.05) is 13.7 Å². The van der Waals surface area contributed by atoms with E-state index in [-0.39, 0.29) is 30.2 Å². The van der Waals surface area contributed by atoms with Crippen molar-refractivity contribution in [1.82, 2.24) is 4.98 Å². The molecular weight excluding hydrogens is 226 g/mol. The van der Waals surface area contributed by atoms with Crippen LogP contribution in [-0.4, -0.2) is 35.7 Å². The van der Waals surface area contributed by atoms with Crippen LogP contribution in [0.4, 0.5) is 0 Å². The summed E-state index contributed by atoms with van der Waals surface area (Å²) < 4.78 is 9.62. The molecule has 1 heterocycles. The van der Waals surface area contributed by atoms with Crippen LogP contribution in [0.2, 0.25) is 0 Å². The molecule has 0 radical (unpaired) electrons. The van der Waals surface area contributed by atoms with Crippen molar-refractivity contribution in [3.05, 3.63) is 23.4 Å². The number of rotatable bonds is 5. The van der Waals surface area contributed by atoms with Crippen LogP contribution >= 0.6 is 0 Å². The Morgan fingerprint density at radius 2 is 2.12 bits per heavy atom. The van der Waals surface area contributed by atoms with Gasteiger partial charge in [-0.2, -0.15) is 0 Å². The molecule has 6 nitrogen and oxygen atoms in total. The topological polar surface area (TPSA) is 85.7 Å². The van der Waals surface area contributed by atoms with Crippen LogP contribution in [0.5, 0.6) is 5.88 Å². The van der Waals surface area contributed by atoms with E-state index in [1.54, 1.807) is 6.92 Å². The third kappa shape index (κ3) is 3.44. The van der Waals surface area contributed by atoms with E-state index in [1.165, 1.54) is 19.2 Å². The van der Waals surface area contributed by atoms with Crippen LogP contribution in [0, 0.1) is 0 Å². The van der Waals surface area contributed by atoms with Crippen molar-refractivity contribution in [1.29, 1.82) is 0 Å². The van der Waals surface area contributed by atoms with Crippen molar-refractivity contribution >= 4 is 11.9 Å². The Labute approximate surface area is 98.2 Å². The minimum Gasteiger partial charge on any atom is -0.481 e. The summed E-state index contributed by atoms with van der Waals surface area (Å²) in [5.41, 5.74) is 0.106. The third-order valence-electron chi connectivity index (χ3n) is 2.01. The normalized spacial score (nSPS) is 9.76. The summed E-state index contributed by atoms with van der Waals surface area (Å²) in [4.78, 5) is 26.1. The summed E-state index contributed by atoms with van der Waals surface area (Å²) in [5.74, 6) is -1.40. The fraction of sp³-hybridized carbons (Fsp3) is 0.364. The van der Waals surface area contributed by atoms with Gasteiger partial charge in [0, 0.05) is 6.07 Å². The molecule has 0 aromatic carbocycles. The van der Waals surface area contributed by atoms with Gasteiger partial charge in [0.1, 0.15) is 0 Å². The number of aromatic carboxylic acids is 1. The molecule has 0 amide bonds. The number of carboxylic acids is 1. The molecule has 92 valence electrons. The van der Waals surface area contributed by atoms with Crippen LogP contribution < -0.4 is 4.74 Å². The molecule has 0 aliphatic rings. The number of carbonyl (C=O) groups is 2. The van der Waals surface area contributed by atoms with E-state index in [4.69, 9.17) is 14.6 Å². The number of hydrogen-bond acceptors (Lipinski definition) is 5. The molecule has 0 atom stereocenters. The first kappa shape index (κ1) is 13.0. The highest BCUT2D eigenvalue weighted by Gasteiger charge is 2.16. The van der Waals surface area contributed by atoms with Gasteiger partial charge >= 0.3 is 11.9 Å². The first-order chi connectivity index (χ1) is 8.08. The van der Waals surface area contributed by atoms with Crippen molar-refractivity contribution in [3.63, 3.8) is 0 Å². The Morgan fingerprint density at radius 1 is 1.41 bits per heavy atom. The predicted octanol–water partition coefficient (Wildman–Crippen LogP) is 0.894. The molecule has 17 heavy (non-hydrogen) atoms. The van der Waals surface area contributed by atoms with E-state index in [1.807, 2.05) is 0 Å². The summed E-state index contributed by atoms with van der Waals surface area (Å²) in [5, 5.41) is 8.94. The number of hydrogen-bond donors (Lipinski definition) is 1. The second-order valence-corrected chi connectivity index (χ2v) is 3.13. The molecule has 1 aromatic heterocycles. The molecule has 0 saturated heterocycles. The second kappa shape index (κ2) is 5.83. The van der Waals surface area contributed by atoms with Crippen LogP contribution in [0.15, 0.2) is 12.1 Å². The van der Waals surface area contributed by atoms with E-state index >= 15 is 0 Å². The Bertz CT molecular complexity index is 430. The van der Waals surface area contributed by atoms with Gasteiger partial charge in [0.2, 0.25) is 5.88 Å². The maximum absolute atomic E-state index is 11.3. The Kier molecular flexibility index (Phi) is 4.45. The minimum atomic E-state index is -1.14. The van der Waals surface area contributed by atoms with Gasteiger partial charge in [-0.1, -0.05) is 0 Å². The second-order valence-electron chi connectivity index (χ2n) is 3.13. The zero-order valence-corrected chi connectivity index (χ0v) is 9.60. The van der Waals surface area contributed by atoms with E-state index < -0.39 is 11.9 Å². The van der Waals surface area contributed by atoms with Crippen molar-refractivity contribution in [2.24, 2.45) is 0 Å². The summed E-state index contributed by atoms with van der Waals surface area (Å²) in [6, 6.07) is 2.78. The van der Waals surface area contributed by atoms with Gasteiger partial charge in [0.25, 0.3) is 0 Å². The zero-order valence-electron chi connectivity index (χ0n) is 9.60. The van der Waals surface area contributed by atoms with Gasteiger partial charge in [-0.3, -0.25) is 4.79 Å². The van der Waals surface area contributed by atoms with Gasteiger partial charge in [0.15, 0.2) is 0 Å². The highest BCUT2D eigenvalue weighted by molar-refractivity contribution is 5.90. The lowest BCUT2D eigenvalue weighted by Gasteiger charge is -2.07. The lowest BCUT2D eigenvalue weighted by Crippen LogP contribution is -2.13. The summed E-state index contributed by atoms with van der Waals surface area (Å²) in [6.45, 7) is 1.92. The van der Waals surface area contributed by atoms with Crippen molar-refractivity contribution in [2.45, 2.75) is 13.3 Å². The zero-order chi connectivity index (χ0) is 12.8. The quantitative estimate of drug-likeness (QED) is 0.768. The number of carboxylic acid groups (broad SMARTS) is 1. The number of esters is 1. The fourth-order valence-electron chi connectivity index (χ4n) is 1.27. The molecule has 0 aliphatic heterocycles. The van der Waals surface area contributed by atoms with Gasteiger partial charge in [-0.25, -0.2) is 9.78 Å². The Balaban J connectivity index is 3.00. The van der Waals surface area contributed by atoms with Crippen LogP contribution in [-0.2, 0) is 16.0 Å². The number of aromatic nitrogens is 1. The van der Waals surface area contributed by atoms with Gasteiger partial charge < -0.3 is 14.6 Å². The van der Waals surface area contributed by atoms with Crippen molar-refractivity contribution in [3.8, 4) is 5.88 Å². The first-order valence-corrected chi connectivity index (χ1v) is 5.01. The molecule has 6 heteroatoms. The molecule has 0 bridgehead atoms. The number of carbonyl (C=O) groups excluding carboxylic acids is 1. The molecule has 1 rings (SSSR count). The molecule has 0 fully saturated rings. The number of nitrogens with zero attached hydrogens (tertiary/aromatic N) is 1. The largest absolute Gasteiger partial charge is 0.481 e. The average Bonchev–Trinajstić information content (AvgIpc) is 2.28.